The molecule has 28 heavy (non-hydrogen) atoms. The molecule has 0 unspecified atom stereocenters. The fourth-order valence-electron chi connectivity index (χ4n) is 3.74. The summed E-state index contributed by atoms with van der Waals surface area (Å²) in [6.45, 7) is 9.30. The molecule has 1 N–H and O–H groups in total. The Morgan fingerprint density at radius 2 is 1.64 bits per heavy atom. The molecule has 1 aliphatic carbocycles. The molecule has 0 radical (unpaired) electrons. The minimum atomic E-state index is -3.61. The highest BCUT2D eigenvalue weighted by atomic mass is 32.2. The van der Waals surface area contributed by atoms with E-state index in [9.17, 15) is 17.9 Å². The lowest BCUT2D eigenvalue weighted by Crippen LogP contribution is -2.41. The van der Waals surface area contributed by atoms with Gasteiger partial charge in [0.1, 0.15) is 5.82 Å². The number of hydrogen-bond acceptors (Lipinski definition) is 5. The maximum Gasteiger partial charge on any atom is 0.497 e. The summed E-state index contributed by atoms with van der Waals surface area (Å²) in [6.07, 6.45) is 2.48. The second-order valence-corrected chi connectivity index (χ2v) is 11.5. The highest BCUT2D eigenvalue weighted by molar-refractivity contribution is 7.91. The maximum absolute atomic E-state index is 14.8. The van der Waals surface area contributed by atoms with E-state index in [1.165, 1.54) is 12.1 Å². The van der Waals surface area contributed by atoms with Crippen LogP contribution in [0.5, 0.6) is 0 Å². The zero-order valence-corrected chi connectivity index (χ0v) is 18.1. The van der Waals surface area contributed by atoms with Crippen LogP contribution >= 0.6 is 0 Å². The van der Waals surface area contributed by atoms with Gasteiger partial charge in [0.2, 0.25) is 0 Å². The van der Waals surface area contributed by atoms with E-state index in [1.54, 1.807) is 6.92 Å². The Labute approximate surface area is 167 Å². The van der Waals surface area contributed by atoms with E-state index in [0.29, 0.717) is 25.7 Å². The summed E-state index contributed by atoms with van der Waals surface area (Å²) >= 11 is 0. The fraction of sp³-hybridized carbons (Fsp3) is 0.700. The van der Waals surface area contributed by atoms with E-state index in [-0.39, 0.29) is 22.0 Å². The molecule has 0 aromatic heterocycles. The van der Waals surface area contributed by atoms with Crippen LogP contribution in [0.25, 0.3) is 0 Å². The van der Waals surface area contributed by atoms with E-state index in [0.717, 1.165) is 6.07 Å². The first-order valence-electron chi connectivity index (χ1n) is 9.83. The number of halogens is 1. The summed E-state index contributed by atoms with van der Waals surface area (Å²) in [5.41, 5.74) is -1.71. The molecule has 0 bridgehead atoms. The summed E-state index contributed by atoms with van der Waals surface area (Å²) in [6, 6.07) is 3.93. The van der Waals surface area contributed by atoms with Gasteiger partial charge in [-0.1, -0.05) is 6.07 Å². The Morgan fingerprint density at radius 1 is 1.11 bits per heavy atom. The number of rotatable bonds is 4. The Balaban J connectivity index is 1.75. The van der Waals surface area contributed by atoms with Gasteiger partial charge in [-0.25, -0.2) is 12.8 Å². The van der Waals surface area contributed by atoms with E-state index in [2.05, 4.69) is 0 Å². The summed E-state index contributed by atoms with van der Waals surface area (Å²) in [5, 5.41) is 10.0. The highest BCUT2D eigenvalue weighted by Gasteiger charge is 2.52. The van der Waals surface area contributed by atoms with Crippen molar-refractivity contribution < 1.29 is 27.2 Å². The minimum absolute atomic E-state index is 0.0175. The van der Waals surface area contributed by atoms with Crippen molar-refractivity contribution in [3.8, 4) is 0 Å². The summed E-state index contributed by atoms with van der Waals surface area (Å²) in [7, 11) is -4.48. The molecular weight excluding hydrogens is 382 g/mol. The quantitative estimate of drug-likeness (QED) is 0.770. The Kier molecular flexibility index (Phi) is 5.50. The van der Waals surface area contributed by atoms with Gasteiger partial charge < -0.3 is 14.4 Å². The molecule has 8 heteroatoms. The van der Waals surface area contributed by atoms with Crippen LogP contribution in [-0.2, 0) is 19.1 Å². The molecule has 1 heterocycles. The number of sulfone groups is 1. The molecule has 156 valence electrons. The third kappa shape index (κ3) is 4.30. The highest BCUT2D eigenvalue weighted by Crippen LogP contribution is 2.37. The van der Waals surface area contributed by atoms with Gasteiger partial charge in [0.15, 0.2) is 9.84 Å². The van der Waals surface area contributed by atoms with Crippen LogP contribution in [0.1, 0.15) is 60.3 Å². The molecule has 3 rings (SSSR count). The first-order valence-corrected chi connectivity index (χ1v) is 11.5. The van der Waals surface area contributed by atoms with Crippen molar-refractivity contribution >= 4 is 22.4 Å². The molecule has 1 saturated heterocycles. The van der Waals surface area contributed by atoms with Crippen LogP contribution in [0.2, 0.25) is 0 Å². The lowest BCUT2D eigenvalue weighted by Gasteiger charge is -2.32. The zero-order valence-electron chi connectivity index (χ0n) is 17.3. The SMILES string of the molecule is CC1(O)CCC(CS(=O)(=O)c2ccc(B3OC(C)(C)C(C)(C)O3)c(F)c2)CC1. The molecule has 5 nitrogen and oxygen atoms in total. The number of aliphatic hydroxyl groups is 1. The van der Waals surface area contributed by atoms with Gasteiger partial charge in [-0.15, -0.1) is 0 Å². The van der Waals surface area contributed by atoms with Crippen molar-refractivity contribution in [2.75, 3.05) is 5.75 Å². The molecule has 1 aromatic rings. The number of benzene rings is 1. The molecule has 2 aliphatic rings. The third-order valence-electron chi connectivity index (χ3n) is 6.48. The molecule has 1 saturated carbocycles. The first-order chi connectivity index (χ1) is 12.7. The van der Waals surface area contributed by atoms with Crippen LogP contribution in [0, 0.1) is 11.7 Å². The smallest absolute Gasteiger partial charge is 0.399 e. The van der Waals surface area contributed by atoms with Crippen LogP contribution in [0.3, 0.4) is 0 Å². The van der Waals surface area contributed by atoms with Crippen molar-refractivity contribution in [3.05, 3.63) is 24.0 Å². The number of hydrogen-bond donors (Lipinski definition) is 1. The van der Waals surface area contributed by atoms with Crippen molar-refractivity contribution in [1.29, 1.82) is 0 Å². The summed E-state index contributed by atoms with van der Waals surface area (Å²) in [5.74, 6) is -0.694. The van der Waals surface area contributed by atoms with E-state index < -0.39 is 39.6 Å². The zero-order chi connectivity index (χ0) is 21.0. The van der Waals surface area contributed by atoms with Gasteiger partial charge in [-0.2, -0.15) is 0 Å². The summed E-state index contributed by atoms with van der Waals surface area (Å²) in [4.78, 5) is -0.0254. The maximum atomic E-state index is 14.8. The molecule has 0 spiro atoms. The Bertz CT molecular complexity index is 824. The van der Waals surface area contributed by atoms with Gasteiger partial charge in [0.25, 0.3) is 0 Å². The van der Waals surface area contributed by atoms with Crippen LogP contribution in [-0.4, -0.2) is 43.2 Å². The third-order valence-corrected chi connectivity index (χ3v) is 8.36. The second kappa shape index (κ2) is 7.08. The Hall–Kier alpha value is -0.955. The van der Waals surface area contributed by atoms with Crippen molar-refractivity contribution in [1.82, 2.24) is 0 Å². The molecule has 1 aliphatic heterocycles. The van der Waals surface area contributed by atoms with E-state index >= 15 is 0 Å². The predicted octanol–water partition coefficient (Wildman–Crippen LogP) is 2.84. The largest absolute Gasteiger partial charge is 0.497 e. The van der Waals surface area contributed by atoms with Crippen LogP contribution in [0.4, 0.5) is 4.39 Å². The molecule has 0 amide bonds. The summed E-state index contributed by atoms with van der Waals surface area (Å²) < 4.78 is 52.0. The standard InChI is InChI=1S/C20H30BFO5S/c1-18(2)19(3,4)27-21(26-18)16-7-6-15(12-17(16)22)28(24,25)13-14-8-10-20(5,23)11-9-14/h6-7,12,14,23H,8-11,13H2,1-5H3. The van der Waals surface area contributed by atoms with Gasteiger partial charge in [0, 0.05) is 5.46 Å². The van der Waals surface area contributed by atoms with Crippen molar-refractivity contribution in [2.24, 2.45) is 5.92 Å². The van der Waals surface area contributed by atoms with Gasteiger partial charge >= 0.3 is 7.12 Å². The predicted molar refractivity (Wildman–Crippen MR) is 107 cm³/mol. The molecular formula is C20H30BFO5S. The lowest BCUT2D eigenvalue weighted by molar-refractivity contribution is 0.00578. The van der Waals surface area contributed by atoms with E-state index in [1.807, 2.05) is 27.7 Å². The first kappa shape index (κ1) is 21.7. The van der Waals surface area contributed by atoms with Crippen LogP contribution in [0.15, 0.2) is 23.1 Å². The minimum Gasteiger partial charge on any atom is -0.399 e. The second-order valence-electron chi connectivity index (χ2n) is 9.49. The van der Waals surface area contributed by atoms with Gasteiger partial charge in [-0.3, -0.25) is 0 Å². The van der Waals surface area contributed by atoms with Gasteiger partial charge in [0.05, 0.1) is 27.5 Å². The lowest BCUT2D eigenvalue weighted by atomic mass is 9.79. The van der Waals surface area contributed by atoms with Gasteiger partial charge in [-0.05, 0) is 78.4 Å². The average Bonchev–Trinajstić information content (AvgIpc) is 2.77. The molecule has 1 aromatic carbocycles. The Morgan fingerprint density at radius 3 is 2.14 bits per heavy atom. The molecule has 2 fully saturated rings. The van der Waals surface area contributed by atoms with Crippen molar-refractivity contribution in [3.63, 3.8) is 0 Å². The topological polar surface area (TPSA) is 72.8 Å². The molecule has 0 atom stereocenters. The normalized spacial score (nSPS) is 29.8. The monoisotopic (exact) mass is 412 g/mol. The average molecular weight is 412 g/mol. The van der Waals surface area contributed by atoms with Crippen LogP contribution < -0.4 is 5.46 Å². The fourth-order valence-corrected chi connectivity index (χ4v) is 5.44. The van der Waals surface area contributed by atoms with Crippen molar-refractivity contribution in [2.45, 2.75) is 82.0 Å². The van der Waals surface area contributed by atoms with E-state index in [4.69, 9.17) is 9.31 Å².